The van der Waals surface area contributed by atoms with Crippen LogP contribution in [0.1, 0.15) is 31.8 Å². The van der Waals surface area contributed by atoms with Crippen LogP contribution in [0.15, 0.2) is 91.0 Å². The van der Waals surface area contributed by atoms with Crippen LogP contribution >= 0.6 is 11.6 Å². The summed E-state index contributed by atoms with van der Waals surface area (Å²) < 4.78 is 16.5. The van der Waals surface area contributed by atoms with Crippen molar-refractivity contribution in [3.05, 3.63) is 118 Å². The Morgan fingerprint density at radius 3 is 2.36 bits per heavy atom. The normalized spacial score (nSPS) is 10.4. The summed E-state index contributed by atoms with van der Waals surface area (Å²) in [4.78, 5) is 26.0. The number of hydrogen-bond acceptors (Lipinski definition) is 5. The van der Waals surface area contributed by atoms with Crippen LogP contribution in [0.25, 0.3) is 0 Å². The molecule has 0 saturated heterocycles. The molecule has 0 spiro atoms. The molecule has 2 N–H and O–H groups in total. The Hall–Kier alpha value is -4.49. The molecule has 0 aliphatic heterocycles. The number of anilines is 1. The van der Waals surface area contributed by atoms with Crippen LogP contribution in [0, 0.1) is 0 Å². The highest BCUT2D eigenvalue weighted by atomic mass is 35.5. The van der Waals surface area contributed by atoms with Gasteiger partial charge >= 0.3 is 0 Å². The fraction of sp³-hybridized carbons (Fsp3) is 0.161. The summed E-state index contributed by atoms with van der Waals surface area (Å²) in [7, 11) is 3.17. The van der Waals surface area contributed by atoms with Crippen molar-refractivity contribution < 1.29 is 23.8 Å². The lowest BCUT2D eigenvalue weighted by Crippen LogP contribution is -2.27. The van der Waals surface area contributed by atoms with Crippen LogP contribution in [0.5, 0.6) is 17.2 Å². The predicted octanol–water partition coefficient (Wildman–Crippen LogP) is 6.16. The van der Waals surface area contributed by atoms with Gasteiger partial charge in [0, 0.05) is 22.7 Å². The van der Waals surface area contributed by atoms with Gasteiger partial charge in [-0.25, -0.2) is 0 Å². The molecule has 39 heavy (non-hydrogen) atoms. The van der Waals surface area contributed by atoms with Gasteiger partial charge in [-0.15, -0.1) is 0 Å². The standard InChI is InChI=1S/C31H29ClN2O5/c1-37-28-15-14-21(18-29(28)38-2)16-17-33-31(36)25-11-4-6-13-27(25)34-30(35)22-9-7-10-24(19-22)39-20-23-8-3-5-12-26(23)32/h3-15,18-19H,16-17,20H2,1-2H3,(H,33,36)(H,34,35). The van der Waals surface area contributed by atoms with Gasteiger partial charge in [0.1, 0.15) is 12.4 Å². The second-order valence-electron chi connectivity index (χ2n) is 8.60. The van der Waals surface area contributed by atoms with Crippen molar-refractivity contribution >= 4 is 29.1 Å². The highest BCUT2D eigenvalue weighted by Gasteiger charge is 2.15. The summed E-state index contributed by atoms with van der Waals surface area (Å²) in [5, 5.41) is 6.38. The number of amides is 2. The van der Waals surface area contributed by atoms with Gasteiger partial charge in [-0.2, -0.15) is 0 Å². The Balaban J connectivity index is 1.37. The second-order valence-corrected chi connectivity index (χ2v) is 9.01. The molecule has 0 aliphatic carbocycles. The molecule has 0 bridgehead atoms. The summed E-state index contributed by atoms with van der Waals surface area (Å²) in [6, 6.07) is 26.8. The molecule has 7 nitrogen and oxygen atoms in total. The predicted molar refractivity (Wildman–Crippen MR) is 152 cm³/mol. The van der Waals surface area contributed by atoms with Gasteiger partial charge in [-0.05, 0) is 60.5 Å². The third-order valence-electron chi connectivity index (χ3n) is 6.02. The average molecular weight is 545 g/mol. The van der Waals surface area contributed by atoms with Gasteiger partial charge in [0.25, 0.3) is 11.8 Å². The van der Waals surface area contributed by atoms with E-state index in [1.54, 1.807) is 68.8 Å². The first-order valence-corrected chi connectivity index (χ1v) is 12.7. The van der Waals surface area contributed by atoms with Crippen LogP contribution in [-0.2, 0) is 13.0 Å². The molecule has 0 heterocycles. The van der Waals surface area contributed by atoms with E-state index >= 15 is 0 Å². The van der Waals surface area contributed by atoms with E-state index in [-0.39, 0.29) is 18.4 Å². The number of benzene rings is 4. The Bertz CT molecular complexity index is 1460. The third kappa shape index (κ3) is 7.30. The van der Waals surface area contributed by atoms with Crippen LogP contribution in [0.3, 0.4) is 0 Å². The quantitative estimate of drug-likeness (QED) is 0.236. The molecule has 0 atom stereocenters. The number of methoxy groups -OCH3 is 2. The van der Waals surface area contributed by atoms with E-state index in [1.165, 1.54) is 0 Å². The number of carbonyl (C=O) groups is 2. The lowest BCUT2D eigenvalue weighted by atomic mass is 10.1. The zero-order valence-electron chi connectivity index (χ0n) is 21.7. The first-order chi connectivity index (χ1) is 19.0. The molecule has 2 amide bonds. The van der Waals surface area contributed by atoms with E-state index in [0.717, 1.165) is 11.1 Å². The number of para-hydroxylation sites is 1. The Kier molecular flexibility index (Phi) is 9.43. The van der Waals surface area contributed by atoms with Crippen molar-refractivity contribution in [2.75, 3.05) is 26.1 Å². The lowest BCUT2D eigenvalue weighted by Gasteiger charge is -2.13. The first-order valence-electron chi connectivity index (χ1n) is 12.3. The minimum absolute atomic E-state index is 0.275. The number of hydrogen-bond donors (Lipinski definition) is 2. The third-order valence-corrected chi connectivity index (χ3v) is 6.38. The summed E-state index contributed by atoms with van der Waals surface area (Å²) in [5.41, 5.74) is 3.01. The van der Waals surface area contributed by atoms with Crippen LogP contribution in [0.2, 0.25) is 5.02 Å². The summed E-state index contributed by atoms with van der Waals surface area (Å²) >= 11 is 6.20. The van der Waals surface area contributed by atoms with Gasteiger partial charge in [0.05, 0.1) is 25.5 Å². The molecule has 0 radical (unpaired) electrons. The molecule has 0 saturated carbocycles. The maximum atomic E-state index is 13.0. The molecule has 200 valence electrons. The van der Waals surface area contributed by atoms with Crippen molar-refractivity contribution in [1.82, 2.24) is 5.32 Å². The number of rotatable bonds is 11. The average Bonchev–Trinajstić information content (AvgIpc) is 2.97. The van der Waals surface area contributed by atoms with Crippen molar-refractivity contribution in [3.8, 4) is 17.2 Å². The number of halogens is 1. The largest absolute Gasteiger partial charge is 0.493 e. The lowest BCUT2D eigenvalue weighted by molar-refractivity contribution is 0.0955. The fourth-order valence-corrected chi connectivity index (χ4v) is 4.13. The molecule has 0 fully saturated rings. The van der Waals surface area contributed by atoms with Crippen molar-refractivity contribution in [2.45, 2.75) is 13.0 Å². The van der Waals surface area contributed by atoms with Crippen molar-refractivity contribution in [2.24, 2.45) is 0 Å². The van der Waals surface area contributed by atoms with Gasteiger partial charge in [-0.3, -0.25) is 9.59 Å². The minimum atomic E-state index is -0.358. The molecule has 4 rings (SSSR count). The topological polar surface area (TPSA) is 85.9 Å². The number of nitrogens with one attached hydrogen (secondary N) is 2. The van der Waals surface area contributed by atoms with E-state index in [9.17, 15) is 9.59 Å². The molecule has 0 aliphatic rings. The molecule has 0 aromatic heterocycles. The fourth-order valence-electron chi connectivity index (χ4n) is 3.94. The van der Waals surface area contributed by atoms with E-state index < -0.39 is 0 Å². The molecule has 0 unspecified atom stereocenters. The number of carbonyl (C=O) groups excluding carboxylic acids is 2. The smallest absolute Gasteiger partial charge is 0.255 e. The van der Waals surface area contributed by atoms with Gasteiger partial charge in [0.2, 0.25) is 0 Å². The molecular weight excluding hydrogens is 516 g/mol. The minimum Gasteiger partial charge on any atom is -0.493 e. The molecule has 4 aromatic carbocycles. The van der Waals surface area contributed by atoms with Gasteiger partial charge in [-0.1, -0.05) is 54.1 Å². The Morgan fingerprint density at radius 2 is 1.56 bits per heavy atom. The van der Waals surface area contributed by atoms with Crippen LogP contribution in [-0.4, -0.2) is 32.6 Å². The maximum absolute atomic E-state index is 13.0. The van der Waals surface area contributed by atoms with Crippen LogP contribution < -0.4 is 24.8 Å². The first kappa shape index (κ1) is 27.5. The van der Waals surface area contributed by atoms with E-state index in [1.807, 2.05) is 36.4 Å². The van der Waals surface area contributed by atoms with E-state index in [2.05, 4.69) is 10.6 Å². The highest BCUT2D eigenvalue weighted by molar-refractivity contribution is 6.31. The molecule has 8 heteroatoms. The van der Waals surface area contributed by atoms with Gasteiger partial charge in [0.15, 0.2) is 11.5 Å². The molecule has 4 aromatic rings. The highest BCUT2D eigenvalue weighted by Crippen LogP contribution is 2.27. The summed E-state index contributed by atoms with van der Waals surface area (Å²) in [6.45, 7) is 0.679. The summed E-state index contributed by atoms with van der Waals surface area (Å²) in [5.74, 6) is 1.16. The zero-order valence-corrected chi connectivity index (χ0v) is 22.5. The van der Waals surface area contributed by atoms with E-state index in [4.69, 9.17) is 25.8 Å². The van der Waals surface area contributed by atoms with E-state index in [0.29, 0.717) is 52.1 Å². The second kappa shape index (κ2) is 13.3. The Morgan fingerprint density at radius 1 is 0.795 bits per heavy atom. The van der Waals surface area contributed by atoms with Crippen LogP contribution in [0.4, 0.5) is 5.69 Å². The Labute approximate surface area is 232 Å². The monoisotopic (exact) mass is 544 g/mol. The maximum Gasteiger partial charge on any atom is 0.255 e. The number of ether oxygens (including phenoxy) is 3. The summed E-state index contributed by atoms with van der Waals surface area (Å²) in [6.07, 6.45) is 0.599. The van der Waals surface area contributed by atoms with Crippen molar-refractivity contribution in [1.29, 1.82) is 0 Å². The molecular formula is C31H29ClN2O5. The zero-order chi connectivity index (χ0) is 27.6. The van der Waals surface area contributed by atoms with Gasteiger partial charge < -0.3 is 24.8 Å². The van der Waals surface area contributed by atoms with Crippen molar-refractivity contribution in [3.63, 3.8) is 0 Å². The SMILES string of the molecule is COc1ccc(CCNC(=O)c2ccccc2NC(=O)c2cccc(OCc3ccccc3Cl)c2)cc1OC.